The molecule has 0 saturated carbocycles. The lowest BCUT2D eigenvalue weighted by molar-refractivity contribution is -0.161. The van der Waals surface area contributed by atoms with Gasteiger partial charge in [0, 0.05) is 25.7 Å². The van der Waals surface area contributed by atoms with Crippen molar-refractivity contribution in [3.8, 4) is 0 Å². The van der Waals surface area contributed by atoms with E-state index in [4.69, 9.17) is 37.0 Å². The van der Waals surface area contributed by atoms with Crippen molar-refractivity contribution in [2.45, 2.75) is 432 Å². The van der Waals surface area contributed by atoms with Crippen molar-refractivity contribution in [2.24, 2.45) is 11.8 Å². The summed E-state index contributed by atoms with van der Waals surface area (Å²) < 4.78 is 68.5. The third kappa shape index (κ3) is 72.4. The van der Waals surface area contributed by atoms with Crippen molar-refractivity contribution < 1.29 is 80.2 Å². The van der Waals surface area contributed by atoms with Crippen LogP contribution in [0.4, 0.5) is 0 Å². The van der Waals surface area contributed by atoms with Crippen LogP contribution in [0.5, 0.6) is 0 Å². The zero-order chi connectivity index (χ0) is 72.1. The van der Waals surface area contributed by atoms with Gasteiger partial charge in [-0.05, 0) is 37.5 Å². The molecule has 0 rings (SSSR count). The number of hydrogen-bond acceptors (Lipinski definition) is 15. The third-order valence-corrected chi connectivity index (χ3v) is 20.4. The van der Waals surface area contributed by atoms with Gasteiger partial charge in [0.15, 0.2) is 12.2 Å². The number of esters is 4. The van der Waals surface area contributed by atoms with E-state index in [1.165, 1.54) is 225 Å². The van der Waals surface area contributed by atoms with Gasteiger partial charge in [-0.1, -0.05) is 363 Å². The molecule has 0 aromatic carbocycles. The highest BCUT2D eigenvalue weighted by Crippen LogP contribution is 2.45. The zero-order valence-corrected chi connectivity index (χ0v) is 65.9. The fourth-order valence-corrected chi connectivity index (χ4v) is 13.8. The largest absolute Gasteiger partial charge is 0.472 e. The fraction of sp³-hybridized carbons (Fsp3) is 0.949. The van der Waals surface area contributed by atoms with Gasteiger partial charge in [-0.25, -0.2) is 9.13 Å². The smallest absolute Gasteiger partial charge is 0.462 e. The highest BCUT2D eigenvalue weighted by atomic mass is 31.2. The topological polar surface area (TPSA) is 237 Å². The van der Waals surface area contributed by atoms with Crippen LogP contribution in [0.3, 0.4) is 0 Å². The van der Waals surface area contributed by atoms with E-state index >= 15 is 0 Å². The van der Waals surface area contributed by atoms with Crippen LogP contribution in [0, 0.1) is 11.8 Å². The molecule has 0 aliphatic carbocycles. The molecule has 0 fully saturated rings. The van der Waals surface area contributed by atoms with Crippen molar-refractivity contribution >= 4 is 39.5 Å². The van der Waals surface area contributed by atoms with Gasteiger partial charge in [-0.3, -0.25) is 37.3 Å². The molecule has 0 bridgehead atoms. The fourth-order valence-electron chi connectivity index (χ4n) is 12.2. The average Bonchev–Trinajstić information content (AvgIpc) is 1.56. The molecule has 19 heteroatoms. The van der Waals surface area contributed by atoms with Gasteiger partial charge < -0.3 is 33.8 Å². The Labute approximate surface area is 600 Å². The maximum absolute atomic E-state index is 13.1. The summed E-state index contributed by atoms with van der Waals surface area (Å²) in [6.07, 6.45) is 60.3. The highest BCUT2D eigenvalue weighted by Gasteiger charge is 2.30. The minimum atomic E-state index is -4.96. The van der Waals surface area contributed by atoms with Crippen LogP contribution >= 0.6 is 15.6 Å². The Morgan fingerprint density at radius 1 is 0.276 bits per heavy atom. The molecule has 582 valence electrons. The van der Waals surface area contributed by atoms with Crippen LogP contribution in [-0.2, 0) is 65.4 Å². The molecular formula is C79H154O17P2. The van der Waals surface area contributed by atoms with Gasteiger partial charge in [-0.2, -0.15) is 0 Å². The normalized spacial score (nSPS) is 13.9. The Morgan fingerprint density at radius 3 is 0.694 bits per heavy atom. The Bertz CT molecular complexity index is 1890. The molecule has 0 radical (unpaired) electrons. The molecule has 0 heterocycles. The van der Waals surface area contributed by atoms with E-state index in [1.807, 2.05) is 0 Å². The number of phosphoric ester groups is 2. The summed E-state index contributed by atoms with van der Waals surface area (Å²) >= 11 is 0. The summed E-state index contributed by atoms with van der Waals surface area (Å²) in [6.45, 7) is 9.43. The van der Waals surface area contributed by atoms with Crippen LogP contribution in [0.1, 0.15) is 414 Å². The number of aliphatic hydroxyl groups is 1. The number of rotatable bonds is 78. The van der Waals surface area contributed by atoms with E-state index in [-0.39, 0.29) is 25.7 Å². The molecule has 0 spiro atoms. The van der Waals surface area contributed by atoms with Crippen molar-refractivity contribution in [3.05, 3.63) is 0 Å². The number of ether oxygens (including phenoxy) is 4. The second kappa shape index (κ2) is 70.7. The monoisotopic (exact) mass is 1440 g/mol. The predicted octanol–water partition coefficient (Wildman–Crippen LogP) is 23.5. The number of hydrogen-bond donors (Lipinski definition) is 3. The molecule has 0 aromatic rings. The SMILES string of the molecule is CCCCCCCCCCCCCCCCCCCCCCCCC(=O)O[C@H](COC(=O)CCCCCCCCCCCCCCCCCCCC)COP(=O)(O)OC[C@@H](O)COP(=O)(O)OC[C@@H](COC(=O)CCCCCCCCC(C)C)OC(=O)CCCCCCCCC(C)C. The van der Waals surface area contributed by atoms with Crippen molar-refractivity contribution in [3.63, 3.8) is 0 Å². The van der Waals surface area contributed by atoms with Crippen LogP contribution in [0.25, 0.3) is 0 Å². The molecule has 0 aromatic heterocycles. The quantitative estimate of drug-likeness (QED) is 0.0222. The minimum Gasteiger partial charge on any atom is -0.462 e. The van der Waals surface area contributed by atoms with Gasteiger partial charge in [-0.15, -0.1) is 0 Å². The molecule has 2 unspecified atom stereocenters. The Hall–Kier alpha value is -1.94. The van der Waals surface area contributed by atoms with Crippen LogP contribution in [0.15, 0.2) is 0 Å². The van der Waals surface area contributed by atoms with Gasteiger partial charge in [0.2, 0.25) is 0 Å². The van der Waals surface area contributed by atoms with Crippen molar-refractivity contribution in [2.75, 3.05) is 39.6 Å². The Kier molecular flexibility index (Phi) is 69.3. The molecule has 98 heavy (non-hydrogen) atoms. The number of aliphatic hydroxyl groups excluding tert-OH is 1. The summed E-state index contributed by atoms with van der Waals surface area (Å²) in [5.74, 6) is -0.772. The summed E-state index contributed by atoms with van der Waals surface area (Å²) in [4.78, 5) is 72.8. The van der Waals surface area contributed by atoms with Crippen molar-refractivity contribution in [1.29, 1.82) is 0 Å². The van der Waals surface area contributed by atoms with E-state index in [0.717, 1.165) is 96.3 Å². The summed E-state index contributed by atoms with van der Waals surface area (Å²) in [7, 11) is -9.91. The third-order valence-electron chi connectivity index (χ3n) is 18.5. The van der Waals surface area contributed by atoms with Crippen molar-refractivity contribution in [1.82, 2.24) is 0 Å². The Balaban J connectivity index is 5.16. The molecule has 17 nitrogen and oxygen atoms in total. The first-order valence-electron chi connectivity index (χ1n) is 41.0. The number of phosphoric acid groups is 2. The van der Waals surface area contributed by atoms with Crippen LogP contribution in [-0.4, -0.2) is 96.7 Å². The lowest BCUT2D eigenvalue weighted by atomic mass is 10.0. The molecule has 3 N–H and O–H groups in total. The summed E-state index contributed by atoms with van der Waals surface area (Å²) in [5.41, 5.74) is 0. The van der Waals surface area contributed by atoms with Gasteiger partial charge in [0.05, 0.1) is 26.4 Å². The van der Waals surface area contributed by atoms with Gasteiger partial charge in [0.25, 0.3) is 0 Å². The molecular weight excluding hydrogens is 1280 g/mol. The van der Waals surface area contributed by atoms with Crippen LogP contribution < -0.4 is 0 Å². The lowest BCUT2D eigenvalue weighted by Crippen LogP contribution is -2.30. The van der Waals surface area contributed by atoms with E-state index in [2.05, 4.69) is 41.5 Å². The van der Waals surface area contributed by atoms with E-state index in [1.54, 1.807) is 0 Å². The Morgan fingerprint density at radius 2 is 0.469 bits per heavy atom. The maximum Gasteiger partial charge on any atom is 0.472 e. The zero-order valence-electron chi connectivity index (χ0n) is 64.1. The summed E-state index contributed by atoms with van der Waals surface area (Å²) in [6, 6.07) is 0. The molecule has 0 amide bonds. The first-order valence-corrected chi connectivity index (χ1v) is 44.0. The second-order valence-electron chi connectivity index (χ2n) is 29.4. The first kappa shape index (κ1) is 96.1. The molecule has 0 aliphatic heterocycles. The number of carbonyl (C=O) groups is 4. The molecule has 0 saturated heterocycles. The predicted molar refractivity (Wildman–Crippen MR) is 400 cm³/mol. The molecule has 5 atom stereocenters. The second-order valence-corrected chi connectivity index (χ2v) is 32.3. The van der Waals surface area contributed by atoms with E-state index in [0.29, 0.717) is 37.5 Å². The van der Waals surface area contributed by atoms with E-state index in [9.17, 15) is 43.2 Å². The maximum atomic E-state index is 13.1. The van der Waals surface area contributed by atoms with Crippen LogP contribution in [0.2, 0.25) is 0 Å². The number of carbonyl (C=O) groups excluding carboxylic acids is 4. The first-order chi connectivity index (χ1) is 47.4. The molecule has 0 aliphatic rings. The number of unbranched alkanes of at least 4 members (excludes halogenated alkanes) is 48. The lowest BCUT2D eigenvalue weighted by Gasteiger charge is -2.21. The average molecular weight is 1440 g/mol. The standard InChI is InChI=1S/C79H154O17P2/c1-7-9-11-13-15-17-19-21-23-25-27-28-29-30-32-34-36-38-40-42-51-57-63-78(83)95-74(67-89-76(81)61-55-49-41-39-37-35-33-31-26-24-22-20-18-16-14-12-10-8-2)69-93-97(85,86)91-65-73(80)66-92-98(87,88)94-70-75(96-79(84)64-58-52-46-44-48-54-60-72(5)6)68-90-77(82)62-56-50-45-43-47-53-59-71(3)4/h71-75,80H,7-70H2,1-6H3,(H,85,86)(H,87,88)/t73-,74-,75-/m1/s1. The van der Waals surface area contributed by atoms with E-state index < -0.39 is 97.5 Å². The van der Waals surface area contributed by atoms with Gasteiger partial charge in [0.1, 0.15) is 19.3 Å². The van der Waals surface area contributed by atoms with Gasteiger partial charge >= 0.3 is 39.5 Å². The highest BCUT2D eigenvalue weighted by molar-refractivity contribution is 7.47. The summed E-state index contributed by atoms with van der Waals surface area (Å²) in [5, 5.41) is 10.6. The minimum absolute atomic E-state index is 0.101.